The van der Waals surface area contributed by atoms with Crippen molar-refractivity contribution in [1.82, 2.24) is 29.8 Å². The summed E-state index contributed by atoms with van der Waals surface area (Å²) < 4.78 is 39.9. The zero-order valence-corrected chi connectivity index (χ0v) is 14.8. The molecule has 11 heteroatoms. The Hall–Kier alpha value is -2.98. The monoisotopic (exact) mass is 390 g/mol. The Kier molecular flexibility index (Phi) is 3.84. The number of halogens is 3. The third-order valence-corrected chi connectivity index (χ3v) is 5.03. The summed E-state index contributed by atoms with van der Waals surface area (Å²) in [7, 11) is 0. The first-order valence-corrected chi connectivity index (χ1v) is 9.08. The third kappa shape index (κ3) is 3.20. The zero-order chi connectivity index (χ0) is 19.3. The maximum atomic E-state index is 12.7. The Morgan fingerprint density at radius 2 is 1.93 bits per heavy atom. The van der Waals surface area contributed by atoms with Gasteiger partial charge in [0.1, 0.15) is 23.7 Å². The molecule has 0 unspecified atom stereocenters. The second-order valence-electron chi connectivity index (χ2n) is 7.23. The fraction of sp³-hybridized carbons (Fsp3) is 0.471. The molecule has 2 fully saturated rings. The summed E-state index contributed by atoms with van der Waals surface area (Å²) in [5.41, 5.74) is -0.202. The Balaban J connectivity index is 1.20. The van der Waals surface area contributed by atoms with Gasteiger partial charge in [0.25, 0.3) is 0 Å². The highest BCUT2D eigenvalue weighted by Gasteiger charge is 2.33. The lowest BCUT2D eigenvalue weighted by Crippen LogP contribution is -2.50. The van der Waals surface area contributed by atoms with E-state index in [1.54, 1.807) is 0 Å². The predicted molar refractivity (Wildman–Crippen MR) is 94.0 cm³/mol. The first kappa shape index (κ1) is 17.1. The van der Waals surface area contributed by atoms with Crippen LogP contribution in [0.3, 0.4) is 0 Å². The first-order chi connectivity index (χ1) is 13.5. The number of aromatic nitrogens is 6. The number of fused-ring (bicyclic) bond motifs is 1. The smallest absolute Gasteiger partial charge is 0.370 e. The molecule has 1 aliphatic carbocycles. The van der Waals surface area contributed by atoms with Gasteiger partial charge in [-0.05, 0) is 25.0 Å². The van der Waals surface area contributed by atoms with Crippen molar-refractivity contribution in [1.29, 1.82) is 0 Å². The largest absolute Gasteiger partial charge is 0.433 e. The lowest BCUT2D eigenvalue weighted by atomic mass is 10.0. The van der Waals surface area contributed by atoms with Crippen LogP contribution in [0, 0.1) is 5.92 Å². The van der Waals surface area contributed by atoms with Crippen molar-refractivity contribution in [3.8, 4) is 0 Å². The second-order valence-corrected chi connectivity index (χ2v) is 7.23. The van der Waals surface area contributed by atoms with Gasteiger partial charge in [0.2, 0.25) is 0 Å². The standard InChI is InChI=1S/C17H17F3N8/c18-17(19,20)12-5-13(23-9-22-12)21-6-10-7-27(8-10)15-4-3-14-24-25-16(11-1-2-11)28(14)26-15/h3-5,9-11H,1-2,6-8H2,(H,21,22,23). The van der Waals surface area contributed by atoms with Gasteiger partial charge in [-0.2, -0.15) is 17.7 Å². The zero-order valence-electron chi connectivity index (χ0n) is 14.8. The van der Waals surface area contributed by atoms with E-state index in [0.29, 0.717) is 18.4 Å². The van der Waals surface area contributed by atoms with Crippen molar-refractivity contribution in [2.45, 2.75) is 24.9 Å². The van der Waals surface area contributed by atoms with Crippen molar-refractivity contribution < 1.29 is 13.2 Å². The Morgan fingerprint density at radius 3 is 2.68 bits per heavy atom. The van der Waals surface area contributed by atoms with Crippen LogP contribution in [0.1, 0.15) is 30.3 Å². The Labute approximate surface area is 157 Å². The number of nitrogens with one attached hydrogen (secondary N) is 1. The van der Waals surface area contributed by atoms with Crippen LogP contribution >= 0.6 is 0 Å². The average molecular weight is 390 g/mol. The highest BCUT2D eigenvalue weighted by Crippen LogP contribution is 2.39. The normalized spacial score (nSPS) is 17.8. The molecule has 5 rings (SSSR count). The molecule has 2 aliphatic rings. The summed E-state index contributed by atoms with van der Waals surface area (Å²) in [6, 6.07) is 4.76. The van der Waals surface area contributed by atoms with Crippen LogP contribution in [0.4, 0.5) is 24.8 Å². The summed E-state index contributed by atoms with van der Waals surface area (Å²) in [4.78, 5) is 9.25. The topological polar surface area (TPSA) is 84.1 Å². The van der Waals surface area contributed by atoms with Gasteiger partial charge in [-0.15, -0.1) is 15.3 Å². The van der Waals surface area contributed by atoms with E-state index >= 15 is 0 Å². The molecule has 1 N–H and O–H groups in total. The third-order valence-electron chi connectivity index (χ3n) is 5.03. The fourth-order valence-electron chi connectivity index (χ4n) is 3.30. The van der Waals surface area contributed by atoms with Crippen molar-refractivity contribution in [2.75, 3.05) is 29.9 Å². The van der Waals surface area contributed by atoms with E-state index in [1.807, 2.05) is 16.6 Å². The molecule has 0 amide bonds. The predicted octanol–water partition coefficient (Wildman–Crippen LogP) is 2.36. The van der Waals surface area contributed by atoms with Gasteiger partial charge in [0.05, 0.1) is 0 Å². The molecule has 8 nitrogen and oxygen atoms in total. The molecule has 1 saturated carbocycles. The minimum absolute atomic E-state index is 0.180. The van der Waals surface area contributed by atoms with E-state index in [-0.39, 0.29) is 5.82 Å². The van der Waals surface area contributed by atoms with Crippen molar-refractivity contribution in [3.05, 3.63) is 36.0 Å². The number of hydrogen-bond acceptors (Lipinski definition) is 7. The van der Waals surface area contributed by atoms with E-state index in [9.17, 15) is 13.2 Å². The van der Waals surface area contributed by atoms with E-state index in [4.69, 9.17) is 0 Å². The van der Waals surface area contributed by atoms with E-state index in [1.165, 1.54) is 0 Å². The number of hydrogen-bond donors (Lipinski definition) is 1. The van der Waals surface area contributed by atoms with Crippen LogP contribution in [0.25, 0.3) is 5.65 Å². The maximum Gasteiger partial charge on any atom is 0.433 e. The fourth-order valence-corrected chi connectivity index (χ4v) is 3.30. The lowest BCUT2D eigenvalue weighted by Gasteiger charge is -2.40. The molecule has 0 aromatic carbocycles. The number of rotatable bonds is 5. The van der Waals surface area contributed by atoms with Gasteiger partial charge >= 0.3 is 6.18 Å². The van der Waals surface area contributed by atoms with Gasteiger partial charge in [-0.25, -0.2) is 9.97 Å². The Bertz CT molecular complexity index is 1010. The molecule has 1 aliphatic heterocycles. The highest BCUT2D eigenvalue weighted by atomic mass is 19.4. The van der Waals surface area contributed by atoms with Crippen molar-refractivity contribution in [3.63, 3.8) is 0 Å². The summed E-state index contributed by atoms with van der Waals surface area (Å²) >= 11 is 0. The van der Waals surface area contributed by atoms with Crippen LogP contribution in [0.15, 0.2) is 24.5 Å². The van der Waals surface area contributed by atoms with Crippen molar-refractivity contribution >= 4 is 17.3 Å². The number of alkyl halides is 3. The maximum absolute atomic E-state index is 12.7. The summed E-state index contributed by atoms with van der Waals surface area (Å²) in [6.07, 6.45) is -1.29. The molecule has 28 heavy (non-hydrogen) atoms. The molecular weight excluding hydrogens is 373 g/mol. The average Bonchev–Trinajstić information content (AvgIpc) is 3.39. The van der Waals surface area contributed by atoms with Crippen LogP contribution in [-0.2, 0) is 6.18 Å². The highest BCUT2D eigenvalue weighted by molar-refractivity contribution is 5.48. The molecule has 1 saturated heterocycles. The van der Waals surface area contributed by atoms with Gasteiger partial charge in [0, 0.05) is 37.5 Å². The van der Waals surface area contributed by atoms with E-state index in [0.717, 1.165) is 55.6 Å². The molecule has 3 aromatic rings. The van der Waals surface area contributed by atoms with Gasteiger partial charge in [-0.3, -0.25) is 0 Å². The summed E-state index contributed by atoms with van der Waals surface area (Å²) in [5, 5.41) is 16.0. The second kappa shape index (κ2) is 6.28. The van der Waals surface area contributed by atoms with Gasteiger partial charge in [0.15, 0.2) is 11.5 Å². The van der Waals surface area contributed by atoms with E-state index < -0.39 is 11.9 Å². The van der Waals surface area contributed by atoms with Crippen LogP contribution in [0.5, 0.6) is 0 Å². The Morgan fingerprint density at radius 1 is 1.11 bits per heavy atom. The SMILES string of the molecule is FC(F)(F)c1cc(NCC2CN(c3ccc4nnc(C5CC5)n4n3)C2)ncn1. The minimum Gasteiger partial charge on any atom is -0.370 e. The lowest BCUT2D eigenvalue weighted by molar-refractivity contribution is -0.141. The molecular formula is C17H17F3N8. The molecule has 0 radical (unpaired) electrons. The summed E-state index contributed by atoms with van der Waals surface area (Å²) in [5.74, 6) is 2.71. The molecule has 4 heterocycles. The molecule has 146 valence electrons. The summed E-state index contributed by atoms with van der Waals surface area (Å²) in [6.45, 7) is 2.07. The molecule has 0 atom stereocenters. The van der Waals surface area contributed by atoms with Crippen LogP contribution in [-0.4, -0.2) is 49.4 Å². The quantitative estimate of drug-likeness (QED) is 0.716. The van der Waals surface area contributed by atoms with Crippen molar-refractivity contribution in [2.24, 2.45) is 5.92 Å². The van der Waals surface area contributed by atoms with Crippen LogP contribution in [0.2, 0.25) is 0 Å². The first-order valence-electron chi connectivity index (χ1n) is 9.08. The van der Waals surface area contributed by atoms with Gasteiger partial charge < -0.3 is 10.2 Å². The molecule has 0 spiro atoms. The minimum atomic E-state index is -4.47. The van der Waals surface area contributed by atoms with Gasteiger partial charge in [-0.1, -0.05) is 0 Å². The number of nitrogens with zero attached hydrogens (tertiary/aromatic N) is 7. The molecule has 0 bridgehead atoms. The van der Waals surface area contributed by atoms with E-state index in [2.05, 4.69) is 35.5 Å². The van der Waals surface area contributed by atoms with Crippen LogP contribution < -0.4 is 10.2 Å². The number of anilines is 2. The molecule has 3 aromatic heterocycles.